The largest absolute Gasteiger partial charge is 0.573 e. The second kappa shape index (κ2) is 11.5. The number of nitrogens with one attached hydrogen (secondary N) is 1. The number of aliphatic hydroxyl groups is 1. The van der Waals surface area contributed by atoms with Gasteiger partial charge in [0, 0.05) is 18.5 Å². The average molecular weight is 573 g/mol. The molecule has 0 amide bonds. The third-order valence-corrected chi connectivity index (χ3v) is 5.17. The summed E-state index contributed by atoms with van der Waals surface area (Å²) in [6, 6.07) is 6.65. The fourth-order valence-corrected chi connectivity index (χ4v) is 3.64. The van der Waals surface area contributed by atoms with E-state index in [0.29, 0.717) is 12.1 Å². The fourth-order valence-electron chi connectivity index (χ4n) is 3.64. The molecule has 0 aliphatic heterocycles. The van der Waals surface area contributed by atoms with Crippen LogP contribution in [0, 0.1) is 0 Å². The van der Waals surface area contributed by atoms with Crippen molar-refractivity contribution in [2.45, 2.75) is 49.4 Å². The van der Waals surface area contributed by atoms with Crippen LogP contribution in [-0.2, 0) is 5.41 Å². The summed E-state index contributed by atoms with van der Waals surface area (Å²) in [5.41, 5.74) is -3.20. The lowest BCUT2D eigenvalue weighted by Crippen LogP contribution is -2.46. The van der Waals surface area contributed by atoms with Gasteiger partial charge in [-0.15, -0.1) is 26.3 Å². The van der Waals surface area contributed by atoms with Gasteiger partial charge < -0.3 is 19.9 Å². The molecule has 38 heavy (non-hydrogen) atoms. The number of aliphatic hydroxyl groups excluding tert-OH is 1. The number of ether oxygens (including phenoxy) is 2. The van der Waals surface area contributed by atoms with Gasteiger partial charge in [-0.2, -0.15) is 26.3 Å². The minimum atomic E-state index is -5.31. The second-order valence-electron chi connectivity index (χ2n) is 8.04. The highest BCUT2D eigenvalue weighted by Crippen LogP contribution is 2.42. The zero-order valence-electron chi connectivity index (χ0n) is 18.8. The third kappa shape index (κ3) is 9.78. The van der Waals surface area contributed by atoms with E-state index in [1.807, 2.05) is 0 Å². The number of hydrogen-bond donors (Lipinski definition) is 2. The molecule has 2 aromatic rings. The zero-order chi connectivity index (χ0) is 29.0. The van der Waals surface area contributed by atoms with E-state index in [4.69, 9.17) is 0 Å². The first-order chi connectivity index (χ1) is 17.2. The van der Waals surface area contributed by atoms with Crippen LogP contribution >= 0.6 is 0 Å². The summed E-state index contributed by atoms with van der Waals surface area (Å²) >= 11 is 0. The molecule has 0 aliphatic carbocycles. The van der Waals surface area contributed by atoms with E-state index in [-0.39, 0.29) is 0 Å². The van der Waals surface area contributed by atoms with E-state index in [0.717, 1.165) is 36.4 Å². The minimum Gasteiger partial charge on any atom is -0.406 e. The molecular weight excluding hydrogens is 554 g/mol. The summed E-state index contributed by atoms with van der Waals surface area (Å²) in [7, 11) is 0. The molecule has 0 unspecified atom stereocenters. The van der Waals surface area contributed by atoms with Crippen LogP contribution in [0.2, 0.25) is 0 Å². The van der Waals surface area contributed by atoms with Gasteiger partial charge >= 0.3 is 25.1 Å². The summed E-state index contributed by atoms with van der Waals surface area (Å²) in [5, 5.41) is 12.1. The smallest absolute Gasteiger partial charge is 0.406 e. The molecule has 0 radical (unpaired) electrons. The van der Waals surface area contributed by atoms with Crippen molar-refractivity contribution in [1.29, 1.82) is 0 Å². The van der Waals surface area contributed by atoms with Crippen LogP contribution in [0.1, 0.15) is 24.0 Å². The standard InChI is InChI=1S/C22H19F12NO3/c23-19(24,25)7-8-35-12-18(11-17(36)20(26,27)28,13-3-1-5-15(9-13)37-21(29,30)31)14-4-2-6-16(10-14)38-22(32,33)34/h1-6,9-10,17,35-36H,7-8,11-12H2/t17-/m0/s1. The number of hydrogen-bond acceptors (Lipinski definition) is 4. The van der Waals surface area contributed by atoms with E-state index in [1.165, 1.54) is 0 Å². The van der Waals surface area contributed by atoms with Gasteiger partial charge in [0.15, 0.2) is 6.10 Å². The van der Waals surface area contributed by atoms with Crippen LogP contribution in [0.25, 0.3) is 0 Å². The first-order valence-corrected chi connectivity index (χ1v) is 10.4. The van der Waals surface area contributed by atoms with Crippen molar-refractivity contribution < 1.29 is 67.3 Å². The first kappa shape index (κ1) is 31.3. The maximum Gasteiger partial charge on any atom is 0.573 e. The summed E-state index contributed by atoms with van der Waals surface area (Å²) in [6.07, 6.45) is -26.5. The first-order valence-electron chi connectivity index (χ1n) is 10.4. The zero-order valence-corrected chi connectivity index (χ0v) is 18.8. The molecule has 0 heterocycles. The Labute approximate surface area is 207 Å². The molecule has 1 atom stereocenters. The van der Waals surface area contributed by atoms with E-state index in [2.05, 4.69) is 14.8 Å². The summed E-state index contributed by atoms with van der Waals surface area (Å²) in [5.74, 6) is -1.86. The fraction of sp³-hybridized carbons (Fsp3) is 0.455. The summed E-state index contributed by atoms with van der Waals surface area (Å²) in [4.78, 5) is 0. The molecule has 16 heteroatoms. The van der Waals surface area contributed by atoms with Crippen LogP contribution in [0.5, 0.6) is 11.5 Å². The highest BCUT2D eigenvalue weighted by molar-refractivity contribution is 5.46. The van der Waals surface area contributed by atoms with Gasteiger partial charge in [0.1, 0.15) is 11.5 Å². The van der Waals surface area contributed by atoms with Crippen LogP contribution in [0.4, 0.5) is 52.7 Å². The van der Waals surface area contributed by atoms with Crippen LogP contribution in [0.15, 0.2) is 48.5 Å². The predicted octanol–water partition coefficient (Wildman–Crippen LogP) is 6.63. The topological polar surface area (TPSA) is 50.7 Å². The normalized spacial score (nSPS) is 14.3. The van der Waals surface area contributed by atoms with Crippen LogP contribution < -0.4 is 14.8 Å². The lowest BCUT2D eigenvalue weighted by molar-refractivity contribution is -0.275. The van der Waals surface area contributed by atoms with Gasteiger partial charge in [-0.25, -0.2) is 0 Å². The molecule has 0 bridgehead atoms. The Morgan fingerprint density at radius 1 is 0.711 bits per heavy atom. The Morgan fingerprint density at radius 3 is 1.53 bits per heavy atom. The van der Waals surface area contributed by atoms with E-state index in [1.54, 1.807) is 0 Å². The van der Waals surface area contributed by atoms with Gasteiger partial charge in [0.05, 0.1) is 6.42 Å². The van der Waals surface area contributed by atoms with Crippen LogP contribution in [0.3, 0.4) is 0 Å². The molecule has 2 N–H and O–H groups in total. The lowest BCUT2D eigenvalue weighted by atomic mass is 9.70. The number of alkyl halides is 12. The summed E-state index contributed by atoms with van der Waals surface area (Å²) in [6.45, 7) is -1.74. The average Bonchev–Trinajstić information content (AvgIpc) is 2.72. The van der Waals surface area contributed by atoms with Crippen molar-refractivity contribution in [2.24, 2.45) is 0 Å². The van der Waals surface area contributed by atoms with Crippen molar-refractivity contribution in [1.82, 2.24) is 5.32 Å². The van der Waals surface area contributed by atoms with Crippen molar-refractivity contribution in [3.8, 4) is 11.5 Å². The molecular formula is C22H19F12NO3. The van der Waals surface area contributed by atoms with Crippen molar-refractivity contribution in [3.05, 3.63) is 59.7 Å². The molecule has 0 saturated carbocycles. The van der Waals surface area contributed by atoms with Crippen LogP contribution in [-0.4, -0.2) is 49.4 Å². The van der Waals surface area contributed by atoms with E-state index < -0.39 is 85.2 Å². The molecule has 214 valence electrons. The Morgan fingerprint density at radius 2 is 1.16 bits per heavy atom. The Kier molecular flexibility index (Phi) is 9.46. The molecule has 4 nitrogen and oxygen atoms in total. The molecule has 2 aromatic carbocycles. The SMILES string of the molecule is O[C@@H](CC(CNCCC(F)(F)F)(c1cccc(OC(F)(F)F)c1)c1cccc(OC(F)(F)F)c1)C(F)(F)F. The second-order valence-corrected chi connectivity index (χ2v) is 8.04. The van der Waals surface area contributed by atoms with E-state index in [9.17, 15) is 57.8 Å². The van der Waals surface area contributed by atoms with Gasteiger partial charge in [-0.05, 0) is 41.8 Å². The van der Waals surface area contributed by atoms with Gasteiger partial charge in [0.25, 0.3) is 0 Å². The lowest BCUT2D eigenvalue weighted by Gasteiger charge is -2.38. The predicted molar refractivity (Wildman–Crippen MR) is 107 cm³/mol. The Balaban J connectivity index is 2.71. The maximum atomic E-state index is 13.4. The Bertz CT molecular complexity index is 988. The van der Waals surface area contributed by atoms with Gasteiger partial charge in [-0.1, -0.05) is 24.3 Å². The highest BCUT2D eigenvalue weighted by atomic mass is 19.4. The number of halogens is 12. The van der Waals surface area contributed by atoms with Gasteiger partial charge in [-0.3, -0.25) is 0 Å². The Hall–Kier alpha value is -2.88. The monoisotopic (exact) mass is 573 g/mol. The highest BCUT2D eigenvalue weighted by Gasteiger charge is 2.47. The quantitative estimate of drug-likeness (QED) is 0.248. The maximum absolute atomic E-state index is 13.4. The third-order valence-electron chi connectivity index (χ3n) is 5.17. The molecule has 0 spiro atoms. The van der Waals surface area contributed by atoms with Crippen molar-refractivity contribution in [2.75, 3.05) is 13.1 Å². The summed E-state index contributed by atoms with van der Waals surface area (Å²) < 4.78 is 162. The minimum absolute atomic E-state index is 0.439. The van der Waals surface area contributed by atoms with Crippen molar-refractivity contribution >= 4 is 0 Å². The van der Waals surface area contributed by atoms with Crippen molar-refractivity contribution in [3.63, 3.8) is 0 Å². The molecule has 0 aromatic heterocycles. The molecule has 2 rings (SSSR count). The molecule has 0 fully saturated rings. The molecule has 0 aliphatic rings. The number of benzene rings is 2. The number of rotatable bonds is 10. The van der Waals surface area contributed by atoms with E-state index >= 15 is 0 Å². The van der Waals surface area contributed by atoms with Gasteiger partial charge in [0.2, 0.25) is 0 Å². The molecule has 0 saturated heterocycles.